The fourth-order valence-corrected chi connectivity index (χ4v) is 4.27. The van der Waals surface area contributed by atoms with Crippen molar-refractivity contribution in [1.29, 1.82) is 0 Å². The van der Waals surface area contributed by atoms with Crippen LogP contribution in [0.4, 0.5) is 4.39 Å². The Morgan fingerprint density at radius 1 is 1.39 bits per heavy atom. The minimum absolute atomic E-state index is 0.107. The van der Waals surface area contributed by atoms with Crippen LogP contribution in [0, 0.1) is 11.7 Å². The number of hydrogen-bond acceptors (Lipinski definition) is 2. The summed E-state index contributed by atoms with van der Waals surface area (Å²) in [6.07, 6.45) is 4.97. The molecular weight excluding hydrogens is 245 g/mol. The maximum Gasteiger partial charge on any atom is 0.137 e. The van der Waals surface area contributed by atoms with Gasteiger partial charge in [0.2, 0.25) is 0 Å². The van der Waals surface area contributed by atoms with Crippen LogP contribution in [0.25, 0.3) is 0 Å². The van der Waals surface area contributed by atoms with Gasteiger partial charge in [0, 0.05) is 16.2 Å². The van der Waals surface area contributed by atoms with Gasteiger partial charge in [-0.1, -0.05) is 31.9 Å². The molecule has 1 aromatic rings. The van der Waals surface area contributed by atoms with Crippen molar-refractivity contribution in [1.82, 2.24) is 0 Å². The van der Waals surface area contributed by atoms with Crippen molar-refractivity contribution >= 4 is 11.8 Å². The van der Waals surface area contributed by atoms with Gasteiger partial charge in [0.15, 0.2) is 0 Å². The Labute approximate surface area is 113 Å². The molecule has 2 N–H and O–H groups in total. The molecule has 18 heavy (non-hydrogen) atoms. The van der Waals surface area contributed by atoms with Crippen LogP contribution in [-0.4, -0.2) is 5.25 Å². The number of benzene rings is 1. The first-order valence-corrected chi connectivity index (χ1v) is 7.66. The molecule has 1 aromatic carbocycles. The van der Waals surface area contributed by atoms with Gasteiger partial charge in [-0.05, 0) is 37.3 Å². The first-order chi connectivity index (χ1) is 8.58. The molecule has 100 valence electrons. The van der Waals surface area contributed by atoms with E-state index in [2.05, 4.69) is 6.92 Å². The summed E-state index contributed by atoms with van der Waals surface area (Å²) < 4.78 is 14.0. The van der Waals surface area contributed by atoms with Gasteiger partial charge in [-0.15, -0.1) is 11.8 Å². The second-order valence-corrected chi connectivity index (χ2v) is 6.77. The molecule has 0 aliphatic heterocycles. The second-order valence-electron chi connectivity index (χ2n) is 5.46. The average molecular weight is 267 g/mol. The highest BCUT2D eigenvalue weighted by atomic mass is 32.2. The van der Waals surface area contributed by atoms with Crippen LogP contribution in [0.3, 0.4) is 0 Å². The lowest BCUT2D eigenvalue weighted by atomic mass is 9.91. The lowest BCUT2D eigenvalue weighted by molar-refractivity contribution is 0.394. The highest BCUT2D eigenvalue weighted by molar-refractivity contribution is 8.00. The number of rotatable bonds is 3. The molecule has 2 rings (SSSR count). The Bertz CT molecular complexity index is 405. The molecule has 1 aliphatic carbocycles. The molecule has 0 saturated heterocycles. The van der Waals surface area contributed by atoms with E-state index in [0.29, 0.717) is 5.25 Å². The maximum absolute atomic E-state index is 14.0. The fraction of sp³-hybridized carbons (Fsp3) is 0.600. The van der Waals surface area contributed by atoms with Gasteiger partial charge in [-0.3, -0.25) is 0 Å². The Kier molecular flexibility index (Phi) is 4.68. The molecule has 0 aromatic heterocycles. The van der Waals surface area contributed by atoms with E-state index in [-0.39, 0.29) is 11.9 Å². The van der Waals surface area contributed by atoms with E-state index in [1.54, 1.807) is 23.9 Å². The quantitative estimate of drug-likeness (QED) is 0.871. The zero-order chi connectivity index (χ0) is 13.1. The minimum Gasteiger partial charge on any atom is -0.324 e. The van der Waals surface area contributed by atoms with E-state index in [0.717, 1.165) is 16.4 Å². The predicted molar refractivity (Wildman–Crippen MR) is 76.3 cm³/mol. The van der Waals surface area contributed by atoms with Crippen molar-refractivity contribution < 1.29 is 4.39 Å². The highest BCUT2D eigenvalue weighted by Crippen LogP contribution is 2.39. The van der Waals surface area contributed by atoms with Crippen LogP contribution in [0.5, 0.6) is 0 Å². The molecule has 0 amide bonds. The third-order valence-electron chi connectivity index (χ3n) is 3.66. The van der Waals surface area contributed by atoms with Crippen molar-refractivity contribution in [2.45, 2.75) is 55.7 Å². The monoisotopic (exact) mass is 267 g/mol. The number of halogens is 1. The zero-order valence-corrected chi connectivity index (χ0v) is 12.0. The molecule has 3 heteroatoms. The predicted octanol–water partition coefficient (Wildman–Crippen LogP) is 4.52. The molecule has 0 heterocycles. The Balaban J connectivity index is 2.17. The van der Waals surface area contributed by atoms with Crippen LogP contribution in [0.15, 0.2) is 23.1 Å². The molecule has 0 bridgehead atoms. The third-order valence-corrected chi connectivity index (χ3v) is 5.09. The normalized spacial score (nSPS) is 26.0. The summed E-state index contributed by atoms with van der Waals surface area (Å²) >= 11 is 1.69. The Morgan fingerprint density at radius 3 is 2.83 bits per heavy atom. The Hall–Kier alpha value is -0.540. The summed E-state index contributed by atoms with van der Waals surface area (Å²) in [6, 6.07) is 5.13. The lowest BCUT2D eigenvalue weighted by Crippen LogP contribution is -2.16. The van der Waals surface area contributed by atoms with Crippen LogP contribution in [0.2, 0.25) is 0 Å². The van der Waals surface area contributed by atoms with Crippen LogP contribution in [0.1, 0.15) is 51.1 Å². The summed E-state index contributed by atoms with van der Waals surface area (Å²) in [4.78, 5) is 0.770. The lowest BCUT2D eigenvalue weighted by Gasteiger charge is -2.27. The molecule has 1 fully saturated rings. The van der Waals surface area contributed by atoms with E-state index < -0.39 is 0 Å². The van der Waals surface area contributed by atoms with Gasteiger partial charge < -0.3 is 5.73 Å². The van der Waals surface area contributed by atoms with Crippen molar-refractivity contribution in [2.75, 3.05) is 0 Å². The first-order valence-electron chi connectivity index (χ1n) is 6.78. The summed E-state index contributed by atoms with van der Waals surface area (Å²) in [6.45, 7) is 4.21. The number of hydrogen-bond donors (Lipinski definition) is 1. The van der Waals surface area contributed by atoms with E-state index in [1.807, 2.05) is 13.0 Å². The van der Waals surface area contributed by atoms with Gasteiger partial charge in [0.25, 0.3) is 0 Å². The molecular formula is C15H22FNS. The molecule has 0 spiro atoms. The molecule has 3 unspecified atom stereocenters. The van der Waals surface area contributed by atoms with E-state index in [1.165, 1.54) is 25.7 Å². The smallest absolute Gasteiger partial charge is 0.137 e. The molecule has 1 aliphatic rings. The average Bonchev–Trinajstić information content (AvgIpc) is 2.31. The minimum atomic E-state index is -0.118. The van der Waals surface area contributed by atoms with Crippen molar-refractivity contribution in [2.24, 2.45) is 11.7 Å². The molecule has 3 atom stereocenters. The van der Waals surface area contributed by atoms with Gasteiger partial charge in [-0.2, -0.15) is 0 Å². The van der Waals surface area contributed by atoms with Gasteiger partial charge >= 0.3 is 0 Å². The van der Waals surface area contributed by atoms with Crippen molar-refractivity contribution in [3.63, 3.8) is 0 Å². The van der Waals surface area contributed by atoms with Gasteiger partial charge in [0.05, 0.1) is 0 Å². The van der Waals surface area contributed by atoms with Crippen LogP contribution >= 0.6 is 11.8 Å². The standard InChI is InChI=1S/C15H22FNS/c1-10-5-3-6-12(9-10)18-15-13(11(2)17)7-4-8-14(15)16/h4,7-8,10-12H,3,5-6,9,17H2,1-2H3. The number of nitrogens with two attached hydrogens (primary N) is 1. The molecule has 1 nitrogen and oxygen atoms in total. The second kappa shape index (κ2) is 6.07. The van der Waals surface area contributed by atoms with E-state index >= 15 is 0 Å². The summed E-state index contributed by atoms with van der Waals surface area (Å²) in [5.74, 6) is 0.648. The third kappa shape index (κ3) is 3.27. The van der Waals surface area contributed by atoms with Gasteiger partial charge in [0.1, 0.15) is 5.82 Å². The van der Waals surface area contributed by atoms with E-state index in [9.17, 15) is 4.39 Å². The largest absolute Gasteiger partial charge is 0.324 e. The van der Waals surface area contributed by atoms with Crippen LogP contribution in [-0.2, 0) is 0 Å². The van der Waals surface area contributed by atoms with Crippen molar-refractivity contribution in [3.05, 3.63) is 29.6 Å². The SMILES string of the molecule is CC1CCCC(Sc2c(F)cccc2C(C)N)C1. The highest BCUT2D eigenvalue weighted by Gasteiger charge is 2.22. The van der Waals surface area contributed by atoms with E-state index in [4.69, 9.17) is 5.73 Å². The van der Waals surface area contributed by atoms with Crippen LogP contribution < -0.4 is 5.73 Å². The topological polar surface area (TPSA) is 26.0 Å². The Morgan fingerprint density at radius 2 is 2.17 bits per heavy atom. The van der Waals surface area contributed by atoms with Gasteiger partial charge in [-0.25, -0.2) is 4.39 Å². The molecule has 1 saturated carbocycles. The zero-order valence-electron chi connectivity index (χ0n) is 11.2. The van der Waals surface area contributed by atoms with Crippen molar-refractivity contribution in [3.8, 4) is 0 Å². The summed E-state index contributed by atoms with van der Waals surface area (Å²) in [5.41, 5.74) is 6.88. The summed E-state index contributed by atoms with van der Waals surface area (Å²) in [7, 11) is 0. The first kappa shape index (κ1) is 13.9. The fourth-order valence-electron chi connectivity index (χ4n) is 2.66. The molecule has 0 radical (unpaired) electrons. The number of thioether (sulfide) groups is 1. The summed E-state index contributed by atoms with van der Waals surface area (Å²) in [5, 5.41) is 0.545. The maximum atomic E-state index is 14.0.